The van der Waals surface area contributed by atoms with Crippen molar-refractivity contribution in [3.63, 3.8) is 0 Å². The van der Waals surface area contributed by atoms with Crippen molar-refractivity contribution in [2.45, 2.75) is 145 Å². The molecule has 9 rings (SSSR count). The Bertz CT molecular complexity index is 1990. The number of hydrogen-bond donors (Lipinski definition) is 0. The second-order valence-corrected chi connectivity index (χ2v) is 12.9. The van der Waals surface area contributed by atoms with E-state index in [9.17, 15) is 0 Å². The van der Waals surface area contributed by atoms with Gasteiger partial charge in [-0.15, -0.1) is 25.5 Å². The lowest BCUT2D eigenvalue weighted by Crippen LogP contribution is -1.91. The van der Waals surface area contributed by atoms with E-state index in [1.54, 1.807) is 94.6 Å². The van der Waals surface area contributed by atoms with Gasteiger partial charge in [0.05, 0.1) is 37.9 Å². The molecule has 0 amide bonds. The fourth-order valence-corrected chi connectivity index (χ4v) is 3.53. The molecule has 0 saturated heterocycles. The third-order valence-electron chi connectivity index (χ3n) is 6.75. The molecule has 0 N–H and O–H groups in total. The summed E-state index contributed by atoms with van der Waals surface area (Å²) in [5, 5.41) is 43.9. The topological polar surface area (TPSA) is 234 Å². The summed E-state index contributed by atoms with van der Waals surface area (Å²) in [6.07, 6.45) is 20.8. The Morgan fingerprint density at radius 3 is 1.01 bits per heavy atom. The van der Waals surface area contributed by atoms with Gasteiger partial charge in [0.2, 0.25) is 0 Å². The molecule has 0 saturated carbocycles. The van der Waals surface area contributed by atoms with Crippen LogP contribution in [0, 0.1) is 62.3 Å². The van der Waals surface area contributed by atoms with Crippen molar-refractivity contribution in [3.8, 4) is 0 Å². The number of nitrogens with zero attached hydrogens (tertiary/aromatic N) is 20. The Labute approximate surface area is 451 Å². The number of aryl methyl sites for hydroxylation is 12. The third-order valence-corrected chi connectivity index (χ3v) is 6.75. The zero-order valence-electron chi connectivity index (χ0n) is 50.1. The fourth-order valence-electron chi connectivity index (χ4n) is 3.53. The van der Waals surface area contributed by atoms with Crippen molar-refractivity contribution in [2.75, 3.05) is 0 Å². The second-order valence-electron chi connectivity index (χ2n) is 12.9. The van der Waals surface area contributed by atoms with E-state index in [1.807, 2.05) is 205 Å². The number of pyridine rings is 3. The molecule has 414 valence electrons. The molecule has 0 unspecified atom stereocenters. The predicted molar refractivity (Wildman–Crippen MR) is 308 cm³/mol. The van der Waals surface area contributed by atoms with Crippen molar-refractivity contribution < 1.29 is 0 Å². The molecule has 75 heavy (non-hydrogen) atoms. The van der Waals surface area contributed by atoms with E-state index in [4.69, 9.17) is 0 Å². The minimum Gasteiger partial charge on any atom is -0.265 e. The first-order valence-corrected chi connectivity index (χ1v) is 25.3. The smallest absolute Gasteiger partial charge is 0.171 e. The molecule has 9 heterocycles. The lowest BCUT2D eigenvalue weighted by molar-refractivity contribution is 0.628. The monoisotopic (exact) mass is 1030 g/mol. The standard InChI is InChI=1S/3C6H7N.3C5H6N2.C4H7N3.2C3H6N4.6C2H6/c1-6-2-4-7-5-3-6;1-6-3-2-4-7-5-6;1-6-4-2-3-5-7-6;1-5-2-6-4-7-3-5;1-5-2-3-6-7-4-5;1-5-3-2-4-6-7-5;1-4-3-5-6-7(4)2;2*1-3-4-6-7(2)5-3;6*1-2/h3*2-5H,1H3;3*2-4H,1H3;3H,1-2H3;2*1-2H3;6*1-2H3. The van der Waals surface area contributed by atoms with Gasteiger partial charge in [-0.2, -0.15) is 30.0 Å². The fraction of sp³-hybridized carbons (Fsp3) is 0.436. The molecule has 0 fully saturated rings. The van der Waals surface area contributed by atoms with E-state index in [1.165, 1.54) is 27.0 Å². The Balaban J connectivity index is -0.000000174. The van der Waals surface area contributed by atoms with Crippen LogP contribution in [0.15, 0.2) is 135 Å². The molecule has 0 aliphatic heterocycles. The van der Waals surface area contributed by atoms with Crippen LogP contribution < -0.4 is 0 Å². The first-order valence-electron chi connectivity index (χ1n) is 25.3. The average molecular weight is 1040 g/mol. The Kier molecular flexibility index (Phi) is 64.9. The van der Waals surface area contributed by atoms with E-state index in [2.05, 4.69) is 86.4 Å². The summed E-state index contributed by atoms with van der Waals surface area (Å²) in [6, 6.07) is 19.4. The summed E-state index contributed by atoms with van der Waals surface area (Å²) >= 11 is 0. The second kappa shape index (κ2) is 62.1. The minimum absolute atomic E-state index is 0.711. The predicted octanol–water partition coefficient (Wildman–Crippen LogP) is 11.8. The normalized spacial score (nSPS) is 8.00. The molecule has 0 aromatic carbocycles. The lowest BCUT2D eigenvalue weighted by Gasteiger charge is -1.84. The summed E-state index contributed by atoms with van der Waals surface area (Å²) in [4.78, 5) is 22.1. The highest BCUT2D eigenvalue weighted by Crippen LogP contribution is 1.90. The van der Waals surface area contributed by atoms with E-state index >= 15 is 0 Å². The Hall–Kier alpha value is -8.03. The summed E-state index contributed by atoms with van der Waals surface area (Å²) in [7, 11) is 5.34. The zero-order valence-corrected chi connectivity index (χ0v) is 50.1. The molecule has 0 aliphatic carbocycles. The summed E-state index contributed by atoms with van der Waals surface area (Å²) in [5.74, 6) is 1.42. The first kappa shape index (κ1) is 78.4. The van der Waals surface area contributed by atoms with Gasteiger partial charge < -0.3 is 0 Å². The van der Waals surface area contributed by atoms with Crippen molar-refractivity contribution in [3.05, 3.63) is 186 Å². The van der Waals surface area contributed by atoms with Gasteiger partial charge in [0, 0.05) is 68.5 Å². The molecule has 0 aliphatic rings. The summed E-state index contributed by atoms with van der Waals surface area (Å²) in [5.41, 5.74) is 7.83. The third kappa shape index (κ3) is 58.4. The maximum Gasteiger partial charge on any atom is 0.171 e. The number of hydrogen-bond acceptors (Lipinski definition) is 17. The maximum atomic E-state index is 3.98. The van der Waals surface area contributed by atoms with Crippen LogP contribution in [0.25, 0.3) is 0 Å². The minimum atomic E-state index is 0.711. The molecular weight excluding hydrogens is 941 g/mol. The number of tetrazole rings is 2. The molecule has 0 radical (unpaired) electrons. The van der Waals surface area contributed by atoms with E-state index in [0.717, 1.165) is 28.2 Å². The largest absolute Gasteiger partial charge is 0.265 e. The molecule has 0 bridgehead atoms. The van der Waals surface area contributed by atoms with Gasteiger partial charge in [0.15, 0.2) is 11.6 Å². The van der Waals surface area contributed by atoms with Gasteiger partial charge in [-0.25, -0.2) is 9.97 Å². The molecule has 20 heteroatoms. The van der Waals surface area contributed by atoms with Crippen LogP contribution in [0.3, 0.4) is 0 Å². The van der Waals surface area contributed by atoms with Crippen molar-refractivity contribution in [1.82, 2.24) is 101 Å². The highest BCUT2D eigenvalue weighted by atomic mass is 15.6. The Morgan fingerprint density at radius 1 is 0.333 bits per heavy atom. The van der Waals surface area contributed by atoms with Gasteiger partial charge >= 0.3 is 0 Å². The highest BCUT2D eigenvalue weighted by Gasteiger charge is 1.87. The molecular formula is C55H94N20. The van der Waals surface area contributed by atoms with Crippen LogP contribution in [0.2, 0.25) is 0 Å². The van der Waals surface area contributed by atoms with Crippen LogP contribution >= 0.6 is 0 Å². The van der Waals surface area contributed by atoms with Crippen molar-refractivity contribution in [2.24, 2.45) is 21.1 Å². The number of rotatable bonds is 0. The van der Waals surface area contributed by atoms with Gasteiger partial charge in [0.1, 0.15) is 6.33 Å². The van der Waals surface area contributed by atoms with Crippen LogP contribution in [0.4, 0.5) is 0 Å². The van der Waals surface area contributed by atoms with E-state index < -0.39 is 0 Å². The molecule has 9 aromatic heterocycles. The van der Waals surface area contributed by atoms with Crippen LogP contribution in [0.5, 0.6) is 0 Å². The van der Waals surface area contributed by atoms with Gasteiger partial charge in [-0.1, -0.05) is 100 Å². The summed E-state index contributed by atoms with van der Waals surface area (Å²) in [6.45, 7) is 41.4. The van der Waals surface area contributed by atoms with Crippen LogP contribution in [-0.4, -0.2) is 101 Å². The number of aromatic nitrogens is 20. The van der Waals surface area contributed by atoms with Gasteiger partial charge in [-0.3, -0.25) is 19.6 Å². The molecule has 20 nitrogen and oxygen atoms in total. The molecule has 9 aromatic rings. The van der Waals surface area contributed by atoms with Crippen molar-refractivity contribution >= 4 is 0 Å². The quantitative estimate of drug-likeness (QED) is 0.137. The Morgan fingerprint density at radius 2 is 0.827 bits per heavy atom. The first-order chi connectivity index (χ1) is 36.2. The van der Waals surface area contributed by atoms with E-state index in [-0.39, 0.29) is 0 Å². The van der Waals surface area contributed by atoms with Crippen LogP contribution in [-0.2, 0) is 21.1 Å². The average Bonchev–Trinajstić information content (AvgIpc) is 4.17. The van der Waals surface area contributed by atoms with Crippen LogP contribution in [0.1, 0.15) is 134 Å². The van der Waals surface area contributed by atoms with Crippen molar-refractivity contribution in [1.29, 1.82) is 0 Å². The molecule has 0 atom stereocenters. The lowest BCUT2D eigenvalue weighted by atomic mass is 10.3. The van der Waals surface area contributed by atoms with E-state index in [0.29, 0.717) is 11.6 Å². The van der Waals surface area contributed by atoms with Gasteiger partial charge in [0.25, 0.3) is 0 Å². The molecule has 0 spiro atoms. The highest BCUT2D eigenvalue weighted by molar-refractivity contribution is 5.06. The maximum absolute atomic E-state index is 3.98. The zero-order chi connectivity index (χ0) is 58.5. The van der Waals surface area contributed by atoms with Gasteiger partial charge in [-0.05, 0) is 144 Å². The summed E-state index contributed by atoms with van der Waals surface area (Å²) < 4.78 is 1.72. The SMILES string of the molecule is CC.CC.CC.CC.CC.CC.Cc1ccccn1.Cc1cccnc1.Cc1cccnn1.Cc1ccncc1.Cc1ccnnc1.Cc1cncnc1.Cc1cnnn1C.Cc1nnn(C)n1.Cc1nnn(C)n1.